The third kappa shape index (κ3) is 6.22. The second kappa shape index (κ2) is 16.3. The summed E-state index contributed by atoms with van der Waals surface area (Å²) in [6.07, 6.45) is 0. The lowest BCUT2D eigenvalue weighted by atomic mass is 9.70. The summed E-state index contributed by atoms with van der Waals surface area (Å²) in [5.41, 5.74) is 22.1. The molecule has 0 aromatic heterocycles. The molecule has 72 heavy (non-hydrogen) atoms. The van der Waals surface area contributed by atoms with E-state index in [0.29, 0.717) is 11.4 Å². The molecule has 340 valence electrons. The molecule has 0 saturated heterocycles. The zero-order valence-corrected chi connectivity index (χ0v) is 39.9. The first-order valence-electron chi connectivity index (χ1n) is 27.3. The molecular weight excluding hydrogens is 869 g/mol. The molecule has 3 aliphatic carbocycles. The Balaban J connectivity index is 1.04. The van der Waals surface area contributed by atoms with Crippen molar-refractivity contribution < 1.29 is 6.85 Å². The van der Waals surface area contributed by atoms with Gasteiger partial charge in [0.2, 0.25) is 0 Å². The molecule has 0 amide bonds. The Morgan fingerprint density at radius 3 is 1.32 bits per heavy atom. The molecular formula is C70H50N2. The average molecular weight is 924 g/mol. The van der Waals surface area contributed by atoms with Gasteiger partial charge in [0.15, 0.2) is 0 Å². The van der Waals surface area contributed by atoms with Gasteiger partial charge in [-0.25, -0.2) is 0 Å². The fraction of sp³-hybridized carbons (Fsp3) is 0.0571. The summed E-state index contributed by atoms with van der Waals surface area (Å²) >= 11 is 0. The molecule has 0 heterocycles. The Kier molecular flexibility index (Phi) is 8.36. The normalized spacial score (nSPS) is 15.9. The van der Waals surface area contributed by atoms with E-state index in [4.69, 9.17) is 4.11 Å². The summed E-state index contributed by atoms with van der Waals surface area (Å²) in [4.78, 5) is 4.29. The number of nitrogens with zero attached hydrogens (tertiary/aromatic N) is 2. The van der Waals surface area contributed by atoms with E-state index in [1.165, 1.54) is 22.3 Å². The van der Waals surface area contributed by atoms with Crippen LogP contribution in [0.1, 0.15) is 54.1 Å². The predicted molar refractivity (Wildman–Crippen MR) is 301 cm³/mol. The summed E-state index contributed by atoms with van der Waals surface area (Å²) in [6.45, 7) is 4.68. The molecule has 3 aliphatic rings. The Labute approximate surface area is 429 Å². The van der Waals surface area contributed by atoms with Gasteiger partial charge >= 0.3 is 0 Å². The summed E-state index contributed by atoms with van der Waals surface area (Å²) in [6, 6.07) is 82.8. The molecule has 0 radical (unpaired) electrons. The largest absolute Gasteiger partial charge is 0.310 e. The first-order valence-corrected chi connectivity index (χ1v) is 24.8. The first kappa shape index (κ1) is 36.9. The van der Waals surface area contributed by atoms with Crippen molar-refractivity contribution in [2.75, 3.05) is 9.80 Å². The van der Waals surface area contributed by atoms with E-state index in [1.54, 1.807) is 0 Å². The van der Waals surface area contributed by atoms with Crippen LogP contribution in [0, 0.1) is 0 Å². The second-order valence-electron chi connectivity index (χ2n) is 19.6. The first-order chi connectivity index (χ1) is 37.5. The zero-order chi connectivity index (χ0) is 52.3. The summed E-state index contributed by atoms with van der Waals surface area (Å²) in [5.74, 6) is 0. The van der Waals surface area contributed by atoms with Crippen molar-refractivity contribution in [1.29, 1.82) is 0 Å². The van der Waals surface area contributed by atoms with Crippen LogP contribution in [-0.2, 0) is 10.8 Å². The van der Waals surface area contributed by atoms with Gasteiger partial charge in [-0.05, 0) is 156 Å². The van der Waals surface area contributed by atoms with E-state index in [1.807, 2.05) is 41.3 Å². The maximum absolute atomic E-state index is 9.29. The monoisotopic (exact) mass is 923 g/mol. The maximum atomic E-state index is 9.29. The fourth-order valence-corrected chi connectivity index (χ4v) is 12.4. The van der Waals surface area contributed by atoms with Crippen LogP contribution in [0.5, 0.6) is 0 Å². The molecule has 14 rings (SSSR count). The fourth-order valence-electron chi connectivity index (χ4n) is 12.4. The number of rotatable bonds is 8. The van der Waals surface area contributed by atoms with E-state index in [2.05, 4.69) is 219 Å². The minimum absolute atomic E-state index is 0.0879. The molecule has 1 spiro atoms. The van der Waals surface area contributed by atoms with Gasteiger partial charge in [-0.3, -0.25) is 0 Å². The molecule has 0 saturated carbocycles. The van der Waals surface area contributed by atoms with Gasteiger partial charge in [-0.2, -0.15) is 0 Å². The van der Waals surface area contributed by atoms with E-state index >= 15 is 0 Å². The highest BCUT2D eigenvalue weighted by Crippen LogP contribution is 2.64. The van der Waals surface area contributed by atoms with Gasteiger partial charge in [-0.1, -0.05) is 208 Å². The topological polar surface area (TPSA) is 6.48 Å². The van der Waals surface area contributed by atoms with Gasteiger partial charge < -0.3 is 9.80 Å². The van der Waals surface area contributed by atoms with Crippen LogP contribution < -0.4 is 9.80 Å². The van der Waals surface area contributed by atoms with Crippen molar-refractivity contribution in [3.63, 3.8) is 0 Å². The molecule has 11 aromatic rings. The molecule has 2 heteroatoms. The number of anilines is 6. The molecule has 2 nitrogen and oxygen atoms in total. The molecule has 1 unspecified atom stereocenters. The van der Waals surface area contributed by atoms with Gasteiger partial charge in [0, 0.05) is 39.4 Å². The van der Waals surface area contributed by atoms with Crippen molar-refractivity contribution in [2.45, 2.75) is 24.7 Å². The highest BCUT2D eigenvalue weighted by atomic mass is 15.1. The van der Waals surface area contributed by atoms with Crippen LogP contribution in [0.2, 0.25) is 0 Å². The SMILES string of the molecule is [2H]c1c([2H])c([2H])c(N(c2ccccc2)c2ccc3c(c2)C2(c4ccccc4-c4ccc(N(c5ccc6c(c5)C(C)(C)c5ccccc5-6)c5ccc(-c6ccccc6)cc5-c5ccccc5)cc42)c2ccccc2-3)c([2H])c1[2H]. The summed E-state index contributed by atoms with van der Waals surface area (Å²) < 4.78 is 44.7. The second-order valence-corrected chi connectivity index (χ2v) is 19.6. The standard InChI is InChI=1S/C70H50N2/c1-69(2)62-32-18-15-29-55(62)58-39-37-53(44-65(58)69)72(68-42-35-49(47-21-7-3-8-22-47)43-61(68)48-23-9-4-10-24-48)54-38-41-60-57-31-17-20-34-64(57)70(67(60)46-54)63-33-19-16-30-56(63)59-40-36-52(45-66(59)70)71(50-25-11-5-12-26-50)51-27-13-6-14-28-51/h3-46H,1-2H3/i5D,11D,12D,25D,26D. The van der Waals surface area contributed by atoms with Crippen molar-refractivity contribution in [3.05, 3.63) is 300 Å². The zero-order valence-electron chi connectivity index (χ0n) is 44.9. The Morgan fingerprint density at radius 2 is 0.736 bits per heavy atom. The van der Waals surface area contributed by atoms with Crippen LogP contribution >= 0.6 is 0 Å². The number of para-hydroxylation sites is 2. The Hall–Kier alpha value is -8.98. The number of hydrogen-bond acceptors (Lipinski definition) is 2. The van der Waals surface area contributed by atoms with Gasteiger partial charge in [0.25, 0.3) is 0 Å². The number of fused-ring (bicyclic) bond motifs is 13. The third-order valence-corrected chi connectivity index (χ3v) is 15.6. The van der Waals surface area contributed by atoms with E-state index in [9.17, 15) is 2.74 Å². The van der Waals surface area contributed by atoms with Crippen LogP contribution in [0.15, 0.2) is 267 Å². The quantitative estimate of drug-likeness (QED) is 0.150. The van der Waals surface area contributed by atoms with E-state index in [-0.39, 0.29) is 35.3 Å². The van der Waals surface area contributed by atoms with Crippen LogP contribution in [0.3, 0.4) is 0 Å². The van der Waals surface area contributed by atoms with Crippen molar-refractivity contribution in [2.24, 2.45) is 0 Å². The van der Waals surface area contributed by atoms with E-state index in [0.717, 1.165) is 83.8 Å². The van der Waals surface area contributed by atoms with Gasteiger partial charge in [0.1, 0.15) is 0 Å². The smallest absolute Gasteiger partial charge is 0.0727 e. The molecule has 0 N–H and O–H groups in total. The van der Waals surface area contributed by atoms with Crippen molar-refractivity contribution in [3.8, 4) is 55.6 Å². The molecule has 0 fully saturated rings. The Morgan fingerprint density at radius 1 is 0.292 bits per heavy atom. The van der Waals surface area contributed by atoms with E-state index < -0.39 is 11.5 Å². The minimum atomic E-state index is -0.821. The lowest BCUT2D eigenvalue weighted by Gasteiger charge is -2.34. The van der Waals surface area contributed by atoms with Gasteiger partial charge in [-0.15, -0.1) is 0 Å². The van der Waals surface area contributed by atoms with Crippen molar-refractivity contribution >= 4 is 34.1 Å². The lowest BCUT2D eigenvalue weighted by Crippen LogP contribution is -2.26. The maximum Gasteiger partial charge on any atom is 0.0727 e. The number of benzene rings is 11. The summed E-state index contributed by atoms with van der Waals surface area (Å²) in [5, 5.41) is 0. The van der Waals surface area contributed by atoms with Crippen LogP contribution in [0.25, 0.3) is 55.6 Å². The highest BCUT2D eigenvalue weighted by molar-refractivity contribution is 5.99. The highest BCUT2D eigenvalue weighted by Gasteiger charge is 2.52. The molecule has 1 atom stereocenters. The predicted octanol–water partition coefficient (Wildman–Crippen LogP) is 18.6. The third-order valence-electron chi connectivity index (χ3n) is 15.6. The van der Waals surface area contributed by atoms with Gasteiger partial charge in [0.05, 0.1) is 18.0 Å². The van der Waals surface area contributed by atoms with Crippen LogP contribution in [0.4, 0.5) is 34.1 Å². The molecule has 0 aliphatic heterocycles. The minimum Gasteiger partial charge on any atom is -0.310 e. The summed E-state index contributed by atoms with van der Waals surface area (Å²) in [7, 11) is 0. The number of hydrogen-bond donors (Lipinski definition) is 0. The van der Waals surface area contributed by atoms with Crippen LogP contribution in [-0.4, -0.2) is 0 Å². The lowest BCUT2D eigenvalue weighted by molar-refractivity contribution is 0.660. The Bertz CT molecular complexity index is 4170. The van der Waals surface area contributed by atoms with Crippen molar-refractivity contribution in [1.82, 2.24) is 0 Å². The molecule has 0 bridgehead atoms. The average Bonchev–Trinajstić information content (AvgIpc) is 4.23. The molecule has 11 aromatic carbocycles.